The number of aromatic nitrogens is 2. The fourth-order valence-corrected chi connectivity index (χ4v) is 2.10. The molecular formula is C11H20N4O. The van der Waals surface area contributed by atoms with Crippen LogP contribution in [0.25, 0.3) is 0 Å². The highest BCUT2D eigenvalue weighted by Gasteiger charge is 2.28. The molecular weight excluding hydrogens is 204 g/mol. The number of rotatable bonds is 4. The molecule has 5 nitrogen and oxygen atoms in total. The summed E-state index contributed by atoms with van der Waals surface area (Å²) < 4.78 is 7.20. The minimum absolute atomic E-state index is 0.257. The molecule has 1 fully saturated rings. The average Bonchev–Trinajstić information content (AvgIpc) is 2.83. The Balaban J connectivity index is 2.06. The highest BCUT2D eigenvalue weighted by atomic mass is 16.5. The molecule has 1 saturated heterocycles. The van der Waals surface area contributed by atoms with Crippen molar-refractivity contribution in [3.8, 4) is 0 Å². The number of nitrogens with two attached hydrogens (primary N) is 1. The van der Waals surface area contributed by atoms with E-state index in [2.05, 4.69) is 21.4 Å². The van der Waals surface area contributed by atoms with Crippen molar-refractivity contribution in [2.24, 2.45) is 11.7 Å². The smallest absolute Gasteiger partial charge is 0.205 e. The monoisotopic (exact) mass is 224 g/mol. The molecule has 1 aromatic rings. The maximum Gasteiger partial charge on any atom is 0.205 e. The zero-order valence-corrected chi connectivity index (χ0v) is 9.97. The summed E-state index contributed by atoms with van der Waals surface area (Å²) in [5.41, 5.74) is 6.02. The number of hydrogen-bond donors (Lipinski definition) is 1. The highest BCUT2D eigenvalue weighted by Crippen LogP contribution is 2.21. The normalized spacial score (nSPS) is 25.3. The first-order chi connectivity index (χ1) is 7.72. The summed E-state index contributed by atoms with van der Waals surface area (Å²) in [6.45, 7) is 5.62. The lowest BCUT2D eigenvalue weighted by Crippen LogP contribution is -2.29. The molecule has 2 rings (SSSR count). The highest BCUT2D eigenvalue weighted by molar-refractivity contribution is 5.34. The summed E-state index contributed by atoms with van der Waals surface area (Å²) in [7, 11) is 1.71. The van der Waals surface area contributed by atoms with Gasteiger partial charge in [0.15, 0.2) is 0 Å². The predicted molar refractivity (Wildman–Crippen MR) is 63.5 cm³/mol. The number of ether oxygens (including phenoxy) is 1. The Morgan fingerprint density at radius 1 is 1.56 bits per heavy atom. The van der Waals surface area contributed by atoms with Crippen LogP contribution < -0.4 is 10.6 Å². The van der Waals surface area contributed by atoms with Gasteiger partial charge >= 0.3 is 0 Å². The zero-order chi connectivity index (χ0) is 11.5. The van der Waals surface area contributed by atoms with Crippen molar-refractivity contribution < 1.29 is 4.74 Å². The van der Waals surface area contributed by atoms with E-state index in [0.717, 1.165) is 25.6 Å². The minimum Gasteiger partial charge on any atom is -0.383 e. The van der Waals surface area contributed by atoms with Crippen molar-refractivity contribution in [3.63, 3.8) is 0 Å². The second kappa shape index (κ2) is 4.84. The van der Waals surface area contributed by atoms with Crippen LogP contribution in [0.5, 0.6) is 0 Å². The van der Waals surface area contributed by atoms with Gasteiger partial charge in [0.2, 0.25) is 5.95 Å². The molecule has 1 aromatic heterocycles. The molecule has 2 unspecified atom stereocenters. The van der Waals surface area contributed by atoms with Crippen LogP contribution in [0.2, 0.25) is 0 Å². The third-order valence-electron chi connectivity index (χ3n) is 3.18. The van der Waals surface area contributed by atoms with Crippen molar-refractivity contribution in [2.75, 3.05) is 31.7 Å². The lowest BCUT2D eigenvalue weighted by molar-refractivity contribution is 0.187. The van der Waals surface area contributed by atoms with E-state index in [-0.39, 0.29) is 6.04 Å². The lowest BCUT2D eigenvalue weighted by Gasteiger charge is -2.18. The molecule has 2 atom stereocenters. The van der Waals surface area contributed by atoms with Gasteiger partial charge in [-0.1, -0.05) is 6.92 Å². The van der Waals surface area contributed by atoms with E-state index in [4.69, 9.17) is 10.5 Å². The predicted octanol–water partition coefficient (Wildman–Crippen LogP) is 0.313. The van der Waals surface area contributed by atoms with Gasteiger partial charge in [0.05, 0.1) is 6.61 Å². The molecule has 1 aliphatic heterocycles. The van der Waals surface area contributed by atoms with Crippen molar-refractivity contribution >= 4 is 5.95 Å². The van der Waals surface area contributed by atoms with Crippen LogP contribution in [-0.2, 0) is 11.3 Å². The van der Waals surface area contributed by atoms with E-state index < -0.39 is 0 Å². The molecule has 90 valence electrons. The first-order valence-corrected chi connectivity index (χ1v) is 5.73. The largest absolute Gasteiger partial charge is 0.383 e. The molecule has 16 heavy (non-hydrogen) atoms. The summed E-state index contributed by atoms with van der Waals surface area (Å²) in [6, 6.07) is 0.257. The number of imidazole rings is 1. The molecule has 0 spiro atoms. The van der Waals surface area contributed by atoms with Crippen molar-refractivity contribution in [1.29, 1.82) is 0 Å². The van der Waals surface area contributed by atoms with Crippen LogP contribution >= 0.6 is 0 Å². The van der Waals surface area contributed by atoms with Crippen LogP contribution in [0.4, 0.5) is 5.95 Å². The Hall–Kier alpha value is -1.07. The second-order valence-corrected chi connectivity index (χ2v) is 4.46. The first kappa shape index (κ1) is 11.4. The van der Waals surface area contributed by atoms with Crippen LogP contribution in [0.15, 0.2) is 12.4 Å². The van der Waals surface area contributed by atoms with Crippen LogP contribution in [-0.4, -0.2) is 42.4 Å². The molecule has 0 radical (unpaired) electrons. The molecule has 0 amide bonds. The third-order valence-corrected chi connectivity index (χ3v) is 3.18. The third kappa shape index (κ3) is 2.20. The van der Waals surface area contributed by atoms with Gasteiger partial charge in [0.1, 0.15) is 0 Å². The van der Waals surface area contributed by atoms with Crippen molar-refractivity contribution in [2.45, 2.75) is 19.5 Å². The average molecular weight is 224 g/mol. The SMILES string of the molecule is COCCn1ccnc1N1CC(C)C(N)C1. The Morgan fingerprint density at radius 3 is 3.00 bits per heavy atom. The first-order valence-electron chi connectivity index (χ1n) is 5.73. The van der Waals surface area contributed by atoms with Gasteiger partial charge in [-0.3, -0.25) is 0 Å². The van der Waals surface area contributed by atoms with Crippen molar-refractivity contribution in [3.05, 3.63) is 12.4 Å². The zero-order valence-electron chi connectivity index (χ0n) is 9.97. The van der Waals surface area contributed by atoms with E-state index in [0.29, 0.717) is 12.5 Å². The number of methoxy groups -OCH3 is 1. The maximum atomic E-state index is 6.02. The summed E-state index contributed by atoms with van der Waals surface area (Å²) >= 11 is 0. The van der Waals surface area contributed by atoms with E-state index in [1.54, 1.807) is 7.11 Å². The van der Waals surface area contributed by atoms with Crippen LogP contribution in [0.3, 0.4) is 0 Å². The van der Waals surface area contributed by atoms with Crippen LogP contribution in [0, 0.1) is 5.92 Å². The number of nitrogens with zero attached hydrogens (tertiary/aromatic N) is 3. The standard InChI is InChI=1S/C11H20N4O/c1-9-7-15(8-10(9)12)11-13-3-4-14(11)5-6-16-2/h3-4,9-10H,5-8,12H2,1-2H3. The summed E-state index contributed by atoms with van der Waals surface area (Å²) in [5, 5.41) is 0. The molecule has 0 aliphatic carbocycles. The Bertz CT molecular complexity index is 328. The van der Waals surface area contributed by atoms with E-state index in [1.165, 1.54) is 0 Å². The Kier molecular flexibility index (Phi) is 3.46. The van der Waals surface area contributed by atoms with E-state index >= 15 is 0 Å². The van der Waals surface area contributed by atoms with E-state index in [9.17, 15) is 0 Å². The van der Waals surface area contributed by atoms with Gasteiger partial charge in [-0.2, -0.15) is 0 Å². The maximum absolute atomic E-state index is 6.02. The van der Waals surface area contributed by atoms with Gasteiger partial charge < -0.3 is 19.9 Å². The lowest BCUT2D eigenvalue weighted by atomic mass is 10.1. The summed E-state index contributed by atoms with van der Waals surface area (Å²) in [5.74, 6) is 1.55. The van der Waals surface area contributed by atoms with Gasteiger partial charge in [0.25, 0.3) is 0 Å². The summed E-state index contributed by atoms with van der Waals surface area (Å²) in [4.78, 5) is 6.65. The molecule has 2 N–H and O–H groups in total. The molecule has 5 heteroatoms. The second-order valence-electron chi connectivity index (χ2n) is 4.46. The van der Waals surface area contributed by atoms with Gasteiger partial charge in [-0.15, -0.1) is 0 Å². The van der Waals surface area contributed by atoms with Crippen molar-refractivity contribution in [1.82, 2.24) is 9.55 Å². The quantitative estimate of drug-likeness (QED) is 0.800. The molecule has 0 bridgehead atoms. The van der Waals surface area contributed by atoms with Gasteiger partial charge in [0, 0.05) is 45.2 Å². The number of hydrogen-bond acceptors (Lipinski definition) is 4. The minimum atomic E-state index is 0.257. The topological polar surface area (TPSA) is 56.3 Å². The molecule has 0 saturated carbocycles. The fraction of sp³-hybridized carbons (Fsp3) is 0.727. The Labute approximate surface area is 96.2 Å². The molecule has 2 heterocycles. The fourth-order valence-electron chi connectivity index (χ4n) is 2.10. The van der Waals surface area contributed by atoms with Gasteiger partial charge in [-0.25, -0.2) is 4.98 Å². The van der Waals surface area contributed by atoms with E-state index in [1.807, 2.05) is 12.4 Å². The summed E-state index contributed by atoms with van der Waals surface area (Å²) in [6.07, 6.45) is 3.82. The van der Waals surface area contributed by atoms with Crippen LogP contribution in [0.1, 0.15) is 6.92 Å². The van der Waals surface area contributed by atoms with Gasteiger partial charge in [-0.05, 0) is 5.92 Å². The Morgan fingerprint density at radius 2 is 2.38 bits per heavy atom. The molecule has 1 aliphatic rings. The molecule has 0 aromatic carbocycles. The number of anilines is 1.